The highest BCUT2D eigenvalue weighted by molar-refractivity contribution is 5.78. The van der Waals surface area contributed by atoms with Crippen LogP contribution in [-0.2, 0) is 11.2 Å². The van der Waals surface area contributed by atoms with Crippen LogP contribution < -0.4 is 10.1 Å². The van der Waals surface area contributed by atoms with Crippen LogP contribution in [0.25, 0.3) is 0 Å². The van der Waals surface area contributed by atoms with Gasteiger partial charge in [-0.25, -0.2) is 0 Å². The van der Waals surface area contributed by atoms with Crippen LogP contribution in [0.1, 0.15) is 36.9 Å². The molecule has 4 rings (SSSR count). The number of nitrogens with zero attached hydrogens (tertiary/aromatic N) is 2. The van der Waals surface area contributed by atoms with Crippen molar-refractivity contribution in [2.75, 3.05) is 45.9 Å². The number of nitrogens with one attached hydrogen (secondary N) is 1. The Morgan fingerprint density at radius 1 is 1.26 bits per heavy atom. The summed E-state index contributed by atoms with van der Waals surface area (Å²) in [5, 5.41) is 13.0. The van der Waals surface area contributed by atoms with Crippen molar-refractivity contribution >= 4 is 5.91 Å². The molecule has 2 N–H and O–H groups in total. The number of amides is 1. The first-order valence-corrected chi connectivity index (χ1v) is 10.3. The number of piperazine rings is 1. The molecule has 6 heteroatoms. The highest BCUT2D eigenvalue weighted by Crippen LogP contribution is 2.39. The Morgan fingerprint density at radius 2 is 2.00 bits per heavy atom. The van der Waals surface area contributed by atoms with Crippen LogP contribution in [0, 0.1) is 5.92 Å². The van der Waals surface area contributed by atoms with Crippen LogP contribution >= 0.6 is 0 Å². The molecule has 0 radical (unpaired) electrons. The largest absolute Gasteiger partial charge is 0.493 e. The maximum Gasteiger partial charge on any atom is 0.234 e. The average Bonchev–Trinajstić information content (AvgIpc) is 3.12. The number of carbonyl (C=O) groups excluding carboxylic acids is 1. The molecule has 1 aliphatic carbocycles. The van der Waals surface area contributed by atoms with Crippen LogP contribution in [0.3, 0.4) is 0 Å². The number of benzene rings is 1. The quantitative estimate of drug-likeness (QED) is 0.784. The molecule has 1 saturated carbocycles. The summed E-state index contributed by atoms with van der Waals surface area (Å²) in [7, 11) is 0. The van der Waals surface area contributed by atoms with E-state index in [-0.39, 0.29) is 18.1 Å². The zero-order valence-electron chi connectivity index (χ0n) is 16.2. The molecular formula is C21H31N3O3. The number of hydrogen-bond acceptors (Lipinski definition) is 5. The first kappa shape index (κ1) is 18.7. The summed E-state index contributed by atoms with van der Waals surface area (Å²) in [6, 6.07) is 6.25. The van der Waals surface area contributed by atoms with Gasteiger partial charge in [0.05, 0.1) is 25.3 Å². The Bertz CT molecular complexity index is 667. The van der Waals surface area contributed by atoms with E-state index in [0.717, 1.165) is 69.9 Å². The van der Waals surface area contributed by atoms with E-state index in [1.54, 1.807) is 0 Å². The van der Waals surface area contributed by atoms with Crippen molar-refractivity contribution in [3.05, 3.63) is 29.3 Å². The molecule has 0 unspecified atom stereocenters. The summed E-state index contributed by atoms with van der Waals surface area (Å²) in [6.45, 7) is 8.42. The van der Waals surface area contributed by atoms with Crippen molar-refractivity contribution in [3.8, 4) is 5.75 Å². The topological polar surface area (TPSA) is 65.0 Å². The molecular weight excluding hydrogens is 342 g/mol. The third-order valence-corrected chi connectivity index (χ3v) is 6.29. The molecule has 1 aromatic carbocycles. The molecule has 27 heavy (non-hydrogen) atoms. The number of rotatable bonds is 6. The third-order valence-electron chi connectivity index (χ3n) is 6.29. The summed E-state index contributed by atoms with van der Waals surface area (Å²) in [4.78, 5) is 17.4. The fraction of sp³-hybridized carbons (Fsp3) is 0.667. The monoisotopic (exact) mass is 373 g/mol. The van der Waals surface area contributed by atoms with E-state index in [1.807, 2.05) is 6.07 Å². The summed E-state index contributed by atoms with van der Waals surface area (Å²) in [5.74, 6) is 1.36. The van der Waals surface area contributed by atoms with Crippen molar-refractivity contribution in [2.24, 2.45) is 5.92 Å². The summed E-state index contributed by atoms with van der Waals surface area (Å²) in [6.07, 6.45) is 2.22. The van der Waals surface area contributed by atoms with Gasteiger partial charge < -0.3 is 20.1 Å². The van der Waals surface area contributed by atoms with E-state index < -0.39 is 0 Å². The minimum Gasteiger partial charge on any atom is -0.493 e. The average molecular weight is 373 g/mol. The Hall–Kier alpha value is -1.63. The van der Waals surface area contributed by atoms with Gasteiger partial charge in [0.2, 0.25) is 5.91 Å². The van der Waals surface area contributed by atoms with E-state index in [4.69, 9.17) is 4.74 Å². The lowest BCUT2D eigenvalue weighted by atomic mass is 9.75. The minimum absolute atomic E-state index is 0.0243. The summed E-state index contributed by atoms with van der Waals surface area (Å²) >= 11 is 0. The van der Waals surface area contributed by atoms with Gasteiger partial charge in [-0.05, 0) is 48.6 Å². The Morgan fingerprint density at radius 3 is 2.70 bits per heavy atom. The third kappa shape index (κ3) is 4.28. The van der Waals surface area contributed by atoms with Crippen LogP contribution in [-0.4, -0.2) is 72.8 Å². The second-order valence-corrected chi connectivity index (χ2v) is 8.11. The fourth-order valence-corrected chi connectivity index (χ4v) is 4.46. The zero-order chi connectivity index (χ0) is 18.8. The number of ether oxygens (including phenoxy) is 1. The van der Waals surface area contributed by atoms with Gasteiger partial charge in [-0.2, -0.15) is 0 Å². The predicted octanol–water partition coefficient (Wildman–Crippen LogP) is 1.19. The normalized spacial score (nSPS) is 26.7. The smallest absolute Gasteiger partial charge is 0.234 e. The van der Waals surface area contributed by atoms with Crippen molar-refractivity contribution in [1.82, 2.24) is 15.1 Å². The second kappa shape index (κ2) is 8.17. The van der Waals surface area contributed by atoms with Gasteiger partial charge in [0, 0.05) is 32.6 Å². The van der Waals surface area contributed by atoms with Crippen molar-refractivity contribution in [2.45, 2.75) is 38.3 Å². The molecule has 1 aromatic rings. The van der Waals surface area contributed by atoms with Crippen LogP contribution in [0.4, 0.5) is 0 Å². The number of carbonyl (C=O) groups is 1. The van der Waals surface area contributed by atoms with E-state index in [1.165, 1.54) is 5.56 Å². The van der Waals surface area contributed by atoms with Gasteiger partial charge in [-0.1, -0.05) is 13.0 Å². The van der Waals surface area contributed by atoms with Crippen LogP contribution in [0.5, 0.6) is 5.75 Å². The van der Waals surface area contributed by atoms with Gasteiger partial charge >= 0.3 is 0 Å². The Balaban J connectivity index is 1.40. The molecule has 0 bridgehead atoms. The lowest BCUT2D eigenvalue weighted by molar-refractivity contribution is -0.124. The number of likely N-dealkylation sites (N-methyl/N-ethyl adjacent to an activating group) is 1. The minimum atomic E-state index is -0.228. The highest BCUT2D eigenvalue weighted by atomic mass is 16.5. The van der Waals surface area contributed by atoms with E-state index >= 15 is 0 Å². The first-order chi connectivity index (χ1) is 13.1. The molecule has 6 nitrogen and oxygen atoms in total. The Labute approximate surface area is 161 Å². The van der Waals surface area contributed by atoms with E-state index in [2.05, 4.69) is 34.2 Å². The van der Waals surface area contributed by atoms with Gasteiger partial charge in [0.25, 0.3) is 0 Å². The predicted molar refractivity (Wildman–Crippen MR) is 104 cm³/mol. The molecule has 1 amide bonds. The number of aliphatic hydroxyl groups excluding tert-OH is 1. The maximum absolute atomic E-state index is 12.8. The number of hydrogen-bond donors (Lipinski definition) is 2. The first-order valence-electron chi connectivity index (χ1n) is 10.3. The highest BCUT2D eigenvalue weighted by Gasteiger charge is 2.36. The van der Waals surface area contributed by atoms with Crippen LogP contribution in [0.15, 0.2) is 18.2 Å². The number of aliphatic hydroxyl groups is 1. The summed E-state index contributed by atoms with van der Waals surface area (Å²) < 4.78 is 5.61. The van der Waals surface area contributed by atoms with E-state index in [0.29, 0.717) is 12.5 Å². The van der Waals surface area contributed by atoms with Crippen molar-refractivity contribution in [3.63, 3.8) is 0 Å². The lowest BCUT2D eigenvalue weighted by Gasteiger charge is -2.39. The van der Waals surface area contributed by atoms with Gasteiger partial charge in [-0.3, -0.25) is 9.69 Å². The standard InChI is InChI=1S/C21H31N3O3/c1-2-23-6-8-24(9-7-23)14-20(26)22-21(17-12-18(25)13-17)16-3-4-19-15(11-16)5-10-27-19/h3-4,11,17-18,21,25H,2,5-10,12-14H2,1H3,(H,22,26)/t17?,18?,21-/m1/s1. The molecule has 0 spiro atoms. The molecule has 0 aromatic heterocycles. The van der Waals surface area contributed by atoms with E-state index in [9.17, 15) is 9.90 Å². The molecule has 1 atom stereocenters. The summed E-state index contributed by atoms with van der Waals surface area (Å²) in [5.41, 5.74) is 2.36. The maximum atomic E-state index is 12.8. The molecule has 2 fully saturated rings. The molecule has 148 valence electrons. The van der Waals surface area contributed by atoms with Crippen LogP contribution in [0.2, 0.25) is 0 Å². The fourth-order valence-electron chi connectivity index (χ4n) is 4.46. The van der Waals surface area contributed by atoms with Gasteiger partial charge in [0.1, 0.15) is 5.75 Å². The van der Waals surface area contributed by atoms with Gasteiger partial charge in [-0.15, -0.1) is 0 Å². The van der Waals surface area contributed by atoms with Gasteiger partial charge in [0.15, 0.2) is 0 Å². The lowest BCUT2D eigenvalue weighted by Crippen LogP contribution is -2.50. The SMILES string of the molecule is CCN1CCN(CC(=O)N[C@H](c2ccc3c(c2)CCO3)C2CC(O)C2)CC1. The zero-order valence-corrected chi connectivity index (χ0v) is 16.2. The van der Waals surface area contributed by atoms with Crippen molar-refractivity contribution < 1.29 is 14.6 Å². The molecule has 1 saturated heterocycles. The Kier molecular flexibility index (Phi) is 5.66. The molecule has 2 heterocycles. The number of fused-ring (bicyclic) bond motifs is 1. The van der Waals surface area contributed by atoms with Crippen molar-refractivity contribution in [1.29, 1.82) is 0 Å². The second-order valence-electron chi connectivity index (χ2n) is 8.11. The molecule has 3 aliphatic rings. The molecule has 2 aliphatic heterocycles.